The first-order valence-corrected chi connectivity index (χ1v) is 6.06. The minimum absolute atomic E-state index is 0.108. The monoisotopic (exact) mass is 227 g/mol. The molecule has 2 heterocycles. The zero-order chi connectivity index (χ0) is 11.8. The Labute approximate surface area is 98.4 Å². The van der Waals surface area contributed by atoms with Crippen molar-refractivity contribution >= 4 is 7.12 Å². The summed E-state index contributed by atoms with van der Waals surface area (Å²) in [6.07, 6.45) is 0.843. The lowest BCUT2D eigenvalue weighted by Crippen LogP contribution is -2.43. The molecule has 0 unspecified atom stereocenters. The fraction of sp³-hybridized carbons (Fsp3) is 1.00. The molecule has 16 heavy (non-hydrogen) atoms. The molecule has 2 rings (SSSR count). The minimum atomic E-state index is -0.218. The lowest BCUT2D eigenvalue weighted by Gasteiger charge is -2.32. The zero-order valence-electron chi connectivity index (χ0n) is 10.8. The standard InChI is InChI=1S/C11H22BNO3/c1-10(2)11(3,4)16-12(15-10)9-13-5-7-14-8-6-13/h5-9H2,1-4H3. The molecule has 0 N–H and O–H groups in total. The Balaban J connectivity index is 1.88. The van der Waals surface area contributed by atoms with Gasteiger partial charge in [0.15, 0.2) is 0 Å². The van der Waals surface area contributed by atoms with Crippen LogP contribution in [0.1, 0.15) is 27.7 Å². The van der Waals surface area contributed by atoms with Gasteiger partial charge in [-0.2, -0.15) is 0 Å². The molecule has 5 heteroatoms. The SMILES string of the molecule is CC1(C)OB(CN2CCOCC2)OC1(C)C. The molecule has 2 aliphatic heterocycles. The summed E-state index contributed by atoms with van der Waals surface area (Å²) in [6, 6.07) is 0. The fourth-order valence-electron chi connectivity index (χ4n) is 2.03. The first-order chi connectivity index (χ1) is 7.41. The second-order valence-electron chi connectivity index (χ2n) is 5.60. The fourth-order valence-corrected chi connectivity index (χ4v) is 2.03. The molecule has 0 spiro atoms. The molecular weight excluding hydrogens is 205 g/mol. The van der Waals surface area contributed by atoms with Gasteiger partial charge in [0.05, 0.1) is 24.4 Å². The van der Waals surface area contributed by atoms with Crippen LogP contribution in [0.2, 0.25) is 0 Å². The van der Waals surface area contributed by atoms with E-state index in [9.17, 15) is 0 Å². The van der Waals surface area contributed by atoms with Gasteiger partial charge in [-0.1, -0.05) is 0 Å². The van der Waals surface area contributed by atoms with Gasteiger partial charge in [0.1, 0.15) is 0 Å². The summed E-state index contributed by atoms with van der Waals surface area (Å²) in [5, 5.41) is 0. The van der Waals surface area contributed by atoms with E-state index in [1.807, 2.05) is 0 Å². The van der Waals surface area contributed by atoms with Crippen molar-refractivity contribution in [2.45, 2.75) is 38.9 Å². The van der Waals surface area contributed by atoms with Crippen molar-refractivity contribution in [3.63, 3.8) is 0 Å². The van der Waals surface area contributed by atoms with Crippen molar-refractivity contribution in [2.75, 3.05) is 32.7 Å². The van der Waals surface area contributed by atoms with Gasteiger partial charge >= 0.3 is 7.12 Å². The summed E-state index contributed by atoms with van der Waals surface area (Å²) in [5.41, 5.74) is -0.437. The third-order valence-corrected chi connectivity index (χ3v) is 3.81. The topological polar surface area (TPSA) is 30.9 Å². The summed E-state index contributed by atoms with van der Waals surface area (Å²) in [6.45, 7) is 11.9. The van der Waals surface area contributed by atoms with Crippen molar-refractivity contribution < 1.29 is 14.0 Å². The smallest absolute Gasteiger partial charge is 0.402 e. The van der Waals surface area contributed by atoms with E-state index in [2.05, 4.69) is 32.6 Å². The van der Waals surface area contributed by atoms with E-state index in [4.69, 9.17) is 14.0 Å². The predicted octanol–water partition coefficient (Wildman–Crippen LogP) is 0.950. The molecule has 0 saturated carbocycles. The Morgan fingerprint density at radius 1 is 1.00 bits per heavy atom. The van der Waals surface area contributed by atoms with Gasteiger partial charge < -0.3 is 18.9 Å². The number of hydrogen-bond donors (Lipinski definition) is 0. The Kier molecular flexibility index (Phi) is 3.32. The molecule has 0 aliphatic carbocycles. The maximum atomic E-state index is 5.96. The van der Waals surface area contributed by atoms with Crippen molar-refractivity contribution in [2.24, 2.45) is 0 Å². The summed E-state index contributed by atoms with van der Waals surface area (Å²) in [7, 11) is -0.108. The van der Waals surface area contributed by atoms with Crippen LogP contribution in [-0.2, 0) is 14.0 Å². The van der Waals surface area contributed by atoms with Crippen LogP contribution in [0.5, 0.6) is 0 Å². The van der Waals surface area contributed by atoms with Gasteiger partial charge in [-0.15, -0.1) is 0 Å². The van der Waals surface area contributed by atoms with Gasteiger partial charge in [0.25, 0.3) is 0 Å². The Bertz CT molecular complexity index is 236. The molecule has 2 aliphatic rings. The van der Waals surface area contributed by atoms with E-state index in [0.29, 0.717) is 0 Å². The second-order valence-corrected chi connectivity index (χ2v) is 5.60. The number of morpholine rings is 1. The first-order valence-electron chi connectivity index (χ1n) is 6.06. The zero-order valence-corrected chi connectivity index (χ0v) is 10.8. The van der Waals surface area contributed by atoms with E-state index in [1.165, 1.54) is 0 Å². The largest absolute Gasteiger partial charge is 0.472 e. The van der Waals surface area contributed by atoms with Gasteiger partial charge in [-0.05, 0) is 27.7 Å². The van der Waals surface area contributed by atoms with Crippen LogP contribution in [0.25, 0.3) is 0 Å². The van der Waals surface area contributed by atoms with Gasteiger partial charge in [-0.3, -0.25) is 0 Å². The summed E-state index contributed by atoms with van der Waals surface area (Å²) >= 11 is 0. The Morgan fingerprint density at radius 2 is 1.50 bits per heavy atom. The Morgan fingerprint density at radius 3 is 2.00 bits per heavy atom. The van der Waals surface area contributed by atoms with E-state index in [0.717, 1.165) is 32.7 Å². The van der Waals surface area contributed by atoms with Crippen LogP contribution in [0.4, 0.5) is 0 Å². The average Bonchev–Trinajstić information content (AvgIpc) is 2.36. The minimum Gasteiger partial charge on any atom is -0.402 e. The van der Waals surface area contributed by atoms with Crippen LogP contribution in [0.3, 0.4) is 0 Å². The van der Waals surface area contributed by atoms with E-state index in [-0.39, 0.29) is 18.3 Å². The van der Waals surface area contributed by atoms with Crippen LogP contribution in [0.15, 0.2) is 0 Å². The van der Waals surface area contributed by atoms with Crippen LogP contribution >= 0.6 is 0 Å². The lowest BCUT2D eigenvalue weighted by atomic mass is 9.89. The van der Waals surface area contributed by atoms with Crippen LogP contribution in [0, 0.1) is 0 Å². The van der Waals surface area contributed by atoms with Crippen molar-refractivity contribution in [1.82, 2.24) is 4.90 Å². The average molecular weight is 227 g/mol. The maximum absolute atomic E-state index is 5.96. The molecule has 0 radical (unpaired) electrons. The summed E-state index contributed by atoms with van der Waals surface area (Å²) < 4.78 is 17.2. The molecule has 0 aromatic rings. The second kappa shape index (κ2) is 4.29. The highest BCUT2D eigenvalue weighted by atomic mass is 16.7. The first kappa shape index (κ1) is 12.4. The van der Waals surface area contributed by atoms with Crippen LogP contribution in [-0.4, -0.2) is 56.0 Å². The van der Waals surface area contributed by atoms with Crippen LogP contribution < -0.4 is 0 Å². The van der Waals surface area contributed by atoms with Crippen molar-refractivity contribution in [3.8, 4) is 0 Å². The molecule has 0 bridgehead atoms. The van der Waals surface area contributed by atoms with Crippen molar-refractivity contribution in [1.29, 1.82) is 0 Å². The highest BCUT2D eigenvalue weighted by Gasteiger charge is 2.51. The third-order valence-electron chi connectivity index (χ3n) is 3.81. The molecule has 2 saturated heterocycles. The normalized spacial score (nSPS) is 29.6. The molecule has 0 aromatic heterocycles. The number of ether oxygens (including phenoxy) is 1. The molecule has 0 aromatic carbocycles. The highest BCUT2D eigenvalue weighted by Crippen LogP contribution is 2.36. The molecule has 0 amide bonds. The van der Waals surface area contributed by atoms with E-state index < -0.39 is 0 Å². The molecular formula is C11H22BNO3. The number of hydrogen-bond acceptors (Lipinski definition) is 4. The number of rotatable bonds is 2. The summed E-state index contributed by atoms with van der Waals surface area (Å²) in [5.74, 6) is 0. The summed E-state index contributed by atoms with van der Waals surface area (Å²) in [4.78, 5) is 2.34. The highest BCUT2D eigenvalue weighted by molar-refractivity contribution is 6.45. The molecule has 2 fully saturated rings. The Hall–Kier alpha value is -0.0951. The van der Waals surface area contributed by atoms with Gasteiger partial charge in [-0.25, -0.2) is 0 Å². The molecule has 4 nitrogen and oxygen atoms in total. The molecule has 0 atom stereocenters. The van der Waals surface area contributed by atoms with Gasteiger partial charge in [0.2, 0.25) is 0 Å². The maximum Gasteiger partial charge on any atom is 0.472 e. The predicted molar refractivity (Wildman–Crippen MR) is 63.3 cm³/mol. The van der Waals surface area contributed by atoms with E-state index in [1.54, 1.807) is 0 Å². The quantitative estimate of drug-likeness (QED) is 0.657. The number of nitrogens with zero attached hydrogens (tertiary/aromatic N) is 1. The van der Waals surface area contributed by atoms with Crippen molar-refractivity contribution in [3.05, 3.63) is 0 Å². The van der Waals surface area contributed by atoms with Gasteiger partial charge in [0, 0.05) is 19.5 Å². The van der Waals surface area contributed by atoms with E-state index >= 15 is 0 Å². The lowest BCUT2D eigenvalue weighted by molar-refractivity contribution is 0.00578. The third kappa shape index (κ3) is 2.42. The molecule has 92 valence electrons.